The Morgan fingerprint density at radius 3 is 2.00 bits per heavy atom. The van der Waals surface area contributed by atoms with Gasteiger partial charge in [0.1, 0.15) is 17.4 Å². The summed E-state index contributed by atoms with van der Waals surface area (Å²) in [4.78, 5) is 31.6. The minimum absolute atomic E-state index is 0.0814. The number of hydrogen-bond acceptors (Lipinski definition) is 3. The van der Waals surface area contributed by atoms with E-state index in [0.29, 0.717) is 25.3 Å². The van der Waals surface area contributed by atoms with Crippen molar-refractivity contribution in [2.24, 2.45) is 5.41 Å². The Hall–Kier alpha value is -2.96. The number of hydrogen-bond donors (Lipinski definition) is 0. The summed E-state index contributed by atoms with van der Waals surface area (Å²) >= 11 is 0. The van der Waals surface area contributed by atoms with E-state index in [-0.39, 0.29) is 30.1 Å². The lowest BCUT2D eigenvalue weighted by molar-refractivity contribution is -0.145. The van der Waals surface area contributed by atoms with Crippen LogP contribution in [0.4, 0.5) is 8.78 Å². The highest BCUT2D eigenvalue weighted by Gasteiger charge is 2.48. The van der Waals surface area contributed by atoms with Gasteiger partial charge in [0.05, 0.1) is 12.0 Å². The SMILES string of the molecule is O=C(CC1(COc2ccc(F)cc2)CCCN(C(=O)C2(c3ccc(F)cc3)CCCC2)C1)N1CCCCC1. The number of amides is 2. The topological polar surface area (TPSA) is 49.9 Å². The van der Waals surface area contributed by atoms with E-state index in [1.165, 1.54) is 24.3 Å². The lowest BCUT2D eigenvalue weighted by Crippen LogP contribution is -2.55. The van der Waals surface area contributed by atoms with Crippen LogP contribution in [0.15, 0.2) is 48.5 Å². The van der Waals surface area contributed by atoms with Gasteiger partial charge in [-0.25, -0.2) is 8.78 Å². The van der Waals surface area contributed by atoms with E-state index in [1.807, 2.05) is 9.80 Å². The smallest absolute Gasteiger partial charge is 0.233 e. The van der Waals surface area contributed by atoms with Gasteiger partial charge in [0.2, 0.25) is 11.8 Å². The lowest BCUT2D eigenvalue weighted by atomic mass is 9.74. The molecule has 5 nitrogen and oxygen atoms in total. The predicted octanol–water partition coefficient (Wildman–Crippen LogP) is 5.87. The Labute approximate surface area is 224 Å². The summed E-state index contributed by atoms with van der Waals surface area (Å²) in [6, 6.07) is 12.3. The van der Waals surface area contributed by atoms with Gasteiger partial charge in [0.25, 0.3) is 0 Å². The van der Waals surface area contributed by atoms with Gasteiger partial charge in [-0.3, -0.25) is 9.59 Å². The molecule has 1 atom stereocenters. The van der Waals surface area contributed by atoms with Crippen molar-refractivity contribution in [1.82, 2.24) is 9.80 Å². The first-order valence-electron chi connectivity index (χ1n) is 14.1. The fourth-order valence-corrected chi connectivity index (χ4v) is 6.71. The highest BCUT2D eigenvalue weighted by Crippen LogP contribution is 2.45. The molecule has 2 amide bonds. The van der Waals surface area contributed by atoms with Gasteiger partial charge in [-0.1, -0.05) is 25.0 Å². The maximum atomic E-state index is 14.2. The Morgan fingerprint density at radius 2 is 1.34 bits per heavy atom. The van der Waals surface area contributed by atoms with E-state index in [0.717, 1.165) is 76.4 Å². The number of nitrogens with zero attached hydrogens (tertiary/aromatic N) is 2. The van der Waals surface area contributed by atoms with Crippen molar-refractivity contribution in [3.05, 3.63) is 65.7 Å². The molecule has 38 heavy (non-hydrogen) atoms. The third kappa shape index (κ3) is 5.71. The van der Waals surface area contributed by atoms with Crippen molar-refractivity contribution in [2.45, 2.75) is 69.6 Å². The summed E-state index contributed by atoms with van der Waals surface area (Å²) in [5, 5.41) is 0. The molecular weight excluding hydrogens is 486 g/mol. The first-order chi connectivity index (χ1) is 18.4. The zero-order valence-corrected chi connectivity index (χ0v) is 22.1. The van der Waals surface area contributed by atoms with E-state index in [4.69, 9.17) is 4.74 Å². The van der Waals surface area contributed by atoms with Crippen LogP contribution in [0.5, 0.6) is 5.75 Å². The van der Waals surface area contributed by atoms with Crippen molar-refractivity contribution in [3.8, 4) is 5.75 Å². The van der Waals surface area contributed by atoms with Crippen molar-refractivity contribution >= 4 is 11.8 Å². The van der Waals surface area contributed by atoms with Crippen LogP contribution in [0, 0.1) is 17.0 Å². The van der Waals surface area contributed by atoms with E-state index in [2.05, 4.69) is 0 Å². The Morgan fingerprint density at radius 1 is 0.737 bits per heavy atom. The van der Waals surface area contributed by atoms with Crippen molar-refractivity contribution < 1.29 is 23.1 Å². The van der Waals surface area contributed by atoms with Crippen molar-refractivity contribution in [2.75, 3.05) is 32.8 Å². The van der Waals surface area contributed by atoms with Gasteiger partial charge in [-0.2, -0.15) is 0 Å². The Bertz CT molecular complexity index is 1110. The summed E-state index contributed by atoms with van der Waals surface area (Å²) in [6.07, 6.45) is 8.50. The lowest BCUT2D eigenvalue weighted by Gasteiger charge is -2.46. The summed E-state index contributed by atoms with van der Waals surface area (Å²) < 4.78 is 33.3. The fraction of sp³-hybridized carbons (Fsp3) is 0.548. The molecule has 1 saturated carbocycles. The van der Waals surface area contributed by atoms with Gasteiger partial charge >= 0.3 is 0 Å². The molecule has 3 fully saturated rings. The molecule has 2 saturated heterocycles. The molecule has 7 heteroatoms. The molecule has 2 aromatic carbocycles. The predicted molar refractivity (Wildman–Crippen MR) is 142 cm³/mol. The number of benzene rings is 2. The molecule has 2 aromatic rings. The normalized spacial score (nSPS) is 23.3. The number of halogens is 2. The minimum Gasteiger partial charge on any atom is -0.493 e. The number of rotatable bonds is 7. The molecule has 3 aliphatic rings. The Kier molecular flexibility index (Phi) is 8.01. The van der Waals surface area contributed by atoms with Crippen LogP contribution >= 0.6 is 0 Å². The third-order valence-electron chi connectivity index (χ3n) is 8.81. The van der Waals surface area contributed by atoms with Gasteiger partial charge in [-0.05, 0) is 86.9 Å². The monoisotopic (exact) mass is 524 g/mol. The van der Waals surface area contributed by atoms with Gasteiger partial charge < -0.3 is 14.5 Å². The highest BCUT2D eigenvalue weighted by molar-refractivity contribution is 5.89. The van der Waals surface area contributed by atoms with Crippen LogP contribution in [0.3, 0.4) is 0 Å². The molecule has 1 unspecified atom stereocenters. The second-order valence-electron chi connectivity index (χ2n) is 11.5. The Balaban J connectivity index is 1.39. The number of ether oxygens (including phenoxy) is 1. The molecule has 0 aromatic heterocycles. The maximum absolute atomic E-state index is 14.2. The zero-order chi connectivity index (χ0) is 26.6. The van der Waals surface area contributed by atoms with Crippen LogP contribution in [-0.4, -0.2) is 54.4 Å². The quantitative estimate of drug-likeness (QED) is 0.455. The largest absolute Gasteiger partial charge is 0.493 e. The molecule has 0 bridgehead atoms. The average Bonchev–Trinajstić information content (AvgIpc) is 3.44. The summed E-state index contributed by atoms with van der Waals surface area (Å²) in [5.74, 6) is 0.122. The maximum Gasteiger partial charge on any atom is 0.233 e. The first-order valence-corrected chi connectivity index (χ1v) is 14.1. The fourth-order valence-electron chi connectivity index (χ4n) is 6.71. The minimum atomic E-state index is -0.647. The second kappa shape index (κ2) is 11.4. The molecule has 1 aliphatic carbocycles. The van der Waals surface area contributed by atoms with E-state index < -0.39 is 10.8 Å². The standard InChI is InChI=1S/C31H38F2N2O3/c32-25-9-7-24(8-10-25)31(16-2-3-17-31)29(37)35-20-6-15-30(22-35,21-28(36)34-18-4-1-5-19-34)23-38-27-13-11-26(33)12-14-27/h7-14H,1-6,15-23H2. The van der Waals surface area contributed by atoms with Crippen LogP contribution < -0.4 is 4.74 Å². The number of piperidine rings is 2. The van der Waals surface area contributed by atoms with Crippen molar-refractivity contribution in [1.29, 1.82) is 0 Å². The molecule has 0 spiro atoms. The van der Waals surface area contributed by atoms with Gasteiger partial charge in [0.15, 0.2) is 0 Å². The number of carbonyl (C=O) groups is 2. The van der Waals surface area contributed by atoms with Crippen LogP contribution in [0.2, 0.25) is 0 Å². The zero-order valence-electron chi connectivity index (χ0n) is 22.1. The van der Waals surface area contributed by atoms with E-state index in [1.54, 1.807) is 24.3 Å². The molecule has 2 aliphatic heterocycles. The van der Waals surface area contributed by atoms with Gasteiger partial charge in [0, 0.05) is 38.0 Å². The first kappa shape index (κ1) is 26.6. The molecule has 2 heterocycles. The van der Waals surface area contributed by atoms with Gasteiger partial charge in [-0.15, -0.1) is 0 Å². The van der Waals surface area contributed by atoms with Crippen LogP contribution in [0.25, 0.3) is 0 Å². The number of likely N-dealkylation sites (tertiary alicyclic amines) is 2. The van der Waals surface area contributed by atoms with E-state index >= 15 is 0 Å². The highest BCUT2D eigenvalue weighted by atomic mass is 19.1. The van der Waals surface area contributed by atoms with Crippen LogP contribution in [0.1, 0.15) is 69.8 Å². The molecule has 0 radical (unpaired) electrons. The van der Waals surface area contributed by atoms with Crippen molar-refractivity contribution in [3.63, 3.8) is 0 Å². The molecule has 204 valence electrons. The van der Waals surface area contributed by atoms with Crippen LogP contribution in [-0.2, 0) is 15.0 Å². The summed E-state index contributed by atoms with van der Waals surface area (Å²) in [6.45, 7) is 2.92. The number of carbonyl (C=O) groups excluding carboxylic acids is 2. The molecular formula is C31H38F2N2O3. The molecule has 0 N–H and O–H groups in total. The summed E-state index contributed by atoms with van der Waals surface area (Å²) in [7, 11) is 0. The summed E-state index contributed by atoms with van der Waals surface area (Å²) in [5.41, 5.74) is -0.297. The third-order valence-corrected chi connectivity index (χ3v) is 8.81. The second-order valence-corrected chi connectivity index (χ2v) is 11.5. The van der Waals surface area contributed by atoms with E-state index in [9.17, 15) is 18.4 Å². The molecule has 5 rings (SSSR count). The average molecular weight is 525 g/mol.